The molecule has 2 aromatic rings. The number of benzene rings is 1. The first kappa shape index (κ1) is 19.8. The molecule has 0 aliphatic carbocycles. The average Bonchev–Trinajstić information content (AvgIpc) is 3.07. The van der Waals surface area contributed by atoms with Crippen molar-refractivity contribution in [3.8, 4) is 11.5 Å². The highest BCUT2D eigenvalue weighted by atomic mass is 16.5. The molecular formula is C20H28N2O4. The number of carbonyl (C=O) groups excluding carboxylic acids is 1. The number of rotatable bonds is 8. The van der Waals surface area contributed by atoms with Gasteiger partial charge in [0, 0.05) is 17.0 Å². The van der Waals surface area contributed by atoms with Crippen LogP contribution in [0.15, 0.2) is 28.8 Å². The molecule has 0 atom stereocenters. The van der Waals surface area contributed by atoms with Gasteiger partial charge < -0.3 is 19.3 Å². The lowest BCUT2D eigenvalue weighted by molar-refractivity contribution is 0.102. The van der Waals surface area contributed by atoms with Crippen LogP contribution in [-0.4, -0.2) is 24.3 Å². The number of nitrogens with zero attached hydrogens (tertiary/aromatic N) is 1. The molecule has 142 valence electrons. The Morgan fingerprint density at radius 1 is 1.08 bits per heavy atom. The predicted octanol–water partition coefficient (Wildman–Crippen LogP) is 4.80. The lowest BCUT2D eigenvalue weighted by Gasteiger charge is -2.13. The Labute approximate surface area is 154 Å². The summed E-state index contributed by atoms with van der Waals surface area (Å²) in [4.78, 5) is 12.5. The van der Waals surface area contributed by atoms with Crippen LogP contribution >= 0.6 is 0 Å². The van der Waals surface area contributed by atoms with E-state index in [1.807, 2.05) is 34.6 Å². The van der Waals surface area contributed by atoms with E-state index < -0.39 is 0 Å². The van der Waals surface area contributed by atoms with E-state index >= 15 is 0 Å². The number of ether oxygens (including phenoxy) is 2. The highest BCUT2D eigenvalue weighted by Crippen LogP contribution is 2.29. The van der Waals surface area contributed by atoms with Gasteiger partial charge in [-0.2, -0.15) is 0 Å². The van der Waals surface area contributed by atoms with Gasteiger partial charge in [-0.15, -0.1) is 0 Å². The lowest BCUT2D eigenvalue weighted by Crippen LogP contribution is -2.13. The molecule has 0 saturated carbocycles. The van der Waals surface area contributed by atoms with E-state index in [-0.39, 0.29) is 11.3 Å². The summed E-state index contributed by atoms with van der Waals surface area (Å²) in [5.74, 6) is 2.05. The molecule has 0 unspecified atom stereocenters. The summed E-state index contributed by atoms with van der Waals surface area (Å²) in [6.07, 6.45) is 1.77. The minimum absolute atomic E-state index is 0.171. The number of anilines is 1. The van der Waals surface area contributed by atoms with Gasteiger partial charge >= 0.3 is 0 Å². The summed E-state index contributed by atoms with van der Waals surface area (Å²) >= 11 is 0. The fraction of sp³-hybridized carbons (Fsp3) is 0.500. The third-order valence-corrected chi connectivity index (χ3v) is 3.62. The third kappa shape index (κ3) is 5.25. The van der Waals surface area contributed by atoms with E-state index in [1.54, 1.807) is 24.3 Å². The predicted molar refractivity (Wildman–Crippen MR) is 101 cm³/mol. The Bertz CT molecular complexity index is 732. The van der Waals surface area contributed by atoms with Gasteiger partial charge in [0.15, 0.2) is 17.3 Å². The zero-order valence-corrected chi connectivity index (χ0v) is 16.2. The van der Waals surface area contributed by atoms with Gasteiger partial charge in [0.2, 0.25) is 0 Å². The van der Waals surface area contributed by atoms with Gasteiger partial charge in [0.25, 0.3) is 5.91 Å². The fourth-order valence-electron chi connectivity index (χ4n) is 2.18. The molecule has 0 radical (unpaired) electrons. The Morgan fingerprint density at radius 2 is 1.73 bits per heavy atom. The molecule has 1 heterocycles. The van der Waals surface area contributed by atoms with Crippen LogP contribution < -0.4 is 14.8 Å². The summed E-state index contributed by atoms with van der Waals surface area (Å²) in [6.45, 7) is 11.3. The normalized spacial score (nSPS) is 11.3. The van der Waals surface area contributed by atoms with Crippen LogP contribution in [0.25, 0.3) is 0 Å². The largest absolute Gasteiger partial charge is 0.490 e. The first-order valence-electron chi connectivity index (χ1n) is 9.03. The maximum absolute atomic E-state index is 12.5. The van der Waals surface area contributed by atoms with Crippen molar-refractivity contribution in [2.24, 2.45) is 0 Å². The molecule has 1 N–H and O–H groups in total. The zero-order valence-electron chi connectivity index (χ0n) is 16.2. The number of hydrogen-bond donors (Lipinski definition) is 1. The quantitative estimate of drug-likeness (QED) is 0.732. The Morgan fingerprint density at radius 3 is 2.31 bits per heavy atom. The van der Waals surface area contributed by atoms with Gasteiger partial charge in [0.05, 0.1) is 13.2 Å². The van der Waals surface area contributed by atoms with E-state index in [0.29, 0.717) is 41.9 Å². The van der Waals surface area contributed by atoms with Gasteiger partial charge in [-0.05, 0) is 31.0 Å². The van der Waals surface area contributed by atoms with Crippen molar-refractivity contribution < 1.29 is 18.8 Å². The Hall–Kier alpha value is -2.50. The van der Waals surface area contributed by atoms with Crippen LogP contribution in [0.5, 0.6) is 11.5 Å². The average molecular weight is 360 g/mol. The fourth-order valence-corrected chi connectivity index (χ4v) is 2.18. The molecule has 0 aliphatic rings. The second-order valence-electron chi connectivity index (χ2n) is 7.14. The SMILES string of the molecule is CCCOc1ccc(C(=O)Nc2cc(C(C)(C)C)on2)cc1OCCC. The van der Waals surface area contributed by atoms with Crippen LogP contribution in [0.1, 0.15) is 63.6 Å². The van der Waals surface area contributed by atoms with Crippen molar-refractivity contribution in [3.05, 3.63) is 35.6 Å². The molecule has 0 fully saturated rings. The number of aromatic nitrogens is 1. The number of nitrogens with one attached hydrogen (secondary N) is 1. The summed E-state index contributed by atoms with van der Waals surface area (Å²) in [7, 11) is 0. The van der Waals surface area contributed by atoms with Crippen molar-refractivity contribution in [2.75, 3.05) is 18.5 Å². The number of hydrogen-bond acceptors (Lipinski definition) is 5. The summed E-state index contributed by atoms with van der Waals surface area (Å²) in [5, 5.41) is 6.67. The first-order chi connectivity index (χ1) is 12.3. The van der Waals surface area contributed by atoms with Gasteiger partial charge in [-0.25, -0.2) is 0 Å². The van der Waals surface area contributed by atoms with Crippen molar-refractivity contribution in [1.29, 1.82) is 0 Å². The van der Waals surface area contributed by atoms with Crippen molar-refractivity contribution in [2.45, 2.75) is 52.9 Å². The van der Waals surface area contributed by atoms with Gasteiger partial charge in [0.1, 0.15) is 5.76 Å². The molecule has 0 aliphatic heterocycles. The smallest absolute Gasteiger partial charge is 0.257 e. The molecule has 0 saturated heterocycles. The topological polar surface area (TPSA) is 73.6 Å². The lowest BCUT2D eigenvalue weighted by atomic mass is 9.93. The standard InChI is InChI=1S/C20H28N2O4/c1-6-10-24-15-9-8-14(12-16(15)25-11-7-2)19(23)21-18-13-17(26-22-18)20(3,4)5/h8-9,12-13H,6-7,10-11H2,1-5H3,(H,21,22,23). The molecule has 6 nitrogen and oxygen atoms in total. The van der Waals surface area contributed by atoms with Crippen molar-refractivity contribution >= 4 is 11.7 Å². The minimum Gasteiger partial charge on any atom is -0.490 e. The third-order valence-electron chi connectivity index (χ3n) is 3.62. The molecular weight excluding hydrogens is 332 g/mol. The number of amides is 1. The molecule has 0 spiro atoms. The molecule has 1 aromatic heterocycles. The maximum atomic E-state index is 12.5. The summed E-state index contributed by atoms with van der Waals surface area (Å²) in [6, 6.07) is 6.91. The molecule has 2 rings (SSSR count). The molecule has 26 heavy (non-hydrogen) atoms. The van der Waals surface area contributed by atoms with Crippen LogP contribution in [0.3, 0.4) is 0 Å². The highest BCUT2D eigenvalue weighted by Gasteiger charge is 2.21. The molecule has 1 amide bonds. The monoisotopic (exact) mass is 360 g/mol. The van der Waals surface area contributed by atoms with Crippen LogP contribution in [0.4, 0.5) is 5.82 Å². The van der Waals surface area contributed by atoms with Crippen molar-refractivity contribution in [1.82, 2.24) is 5.16 Å². The van der Waals surface area contributed by atoms with E-state index in [1.165, 1.54) is 0 Å². The van der Waals surface area contributed by atoms with E-state index in [9.17, 15) is 4.79 Å². The first-order valence-corrected chi connectivity index (χ1v) is 9.03. The van der Waals surface area contributed by atoms with E-state index in [4.69, 9.17) is 14.0 Å². The molecule has 6 heteroatoms. The number of carbonyl (C=O) groups is 1. The second-order valence-corrected chi connectivity index (χ2v) is 7.14. The van der Waals surface area contributed by atoms with Crippen molar-refractivity contribution in [3.63, 3.8) is 0 Å². The second kappa shape index (κ2) is 8.74. The Kier molecular flexibility index (Phi) is 6.66. The van der Waals surface area contributed by atoms with Crippen LogP contribution in [-0.2, 0) is 5.41 Å². The zero-order chi connectivity index (χ0) is 19.2. The molecule has 1 aromatic carbocycles. The Balaban J connectivity index is 2.15. The molecule has 0 bridgehead atoms. The summed E-state index contributed by atoms with van der Waals surface area (Å²) in [5.41, 5.74) is 0.301. The van der Waals surface area contributed by atoms with Crippen LogP contribution in [0, 0.1) is 0 Å². The van der Waals surface area contributed by atoms with E-state index in [2.05, 4.69) is 10.5 Å². The van der Waals surface area contributed by atoms with Gasteiger partial charge in [-0.1, -0.05) is 39.8 Å². The summed E-state index contributed by atoms with van der Waals surface area (Å²) < 4.78 is 16.7. The minimum atomic E-state index is -0.276. The maximum Gasteiger partial charge on any atom is 0.257 e. The highest BCUT2D eigenvalue weighted by molar-refractivity contribution is 6.04. The van der Waals surface area contributed by atoms with Gasteiger partial charge in [-0.3, -0.25) is 4.79 Å². The van der Waals surface area contributed by atoms with Crippen LogP contribution in [0.2, 0.25) is 0 Å². The van der Waals surface area contributed by atoms with E-state index in [0.717, 1.165) is 12.8 Å².